The molecule has 0 aliphatic carbocycles. The van der Waals surface area contributed by atoms with Gasteiger partial charge < -0.3 is 5.11 Å². The molecule has 0 radical (unpaired) electrons. The number of aliphatic hydroxyl groups is 1. The number of hydrogen-bond donors (Lipinski definition) is 1. The van der Waals surface area contributed by atoms with E-state index < -0.39 is 0 Å². The molecule has 0 aromatic rings. The molecule has 0 aromatic carbocycles. The fraction of sp³-hybridized carbons (Fsp3) is 1.00. The Kier molecular flexibility index (Phi) is 9.92. The largest absolute Gasteiger partial charge is 0.396 e. The Labute approximate surface area is 101 Å². The molecule has 0 spiro atoms. The van der Waals surface area contributed by atoms with Gasteiger partial charge in [-0.05, 0) is 31.6 Å². The van der Waals surface area contributed by atoms with Gasteiger partial charge in [-0.1, -0.05) is 19.3 Å². The zero-order valence-electron chi connectivity index (χ0n) is 9.41. The van der Waals surface area contributed by atoms with Gasteiger partial charge in [0.25, 0.3) is 0 Å². The van der Waals surface area contributed by atoms with Crippen molar-refractivity contribution in [2.75, 3.05) is 25.4 Å². The first kappa shape index (κ1) is 15.0. The molecule has 0 rings (SSSR count). The second-order valence-corrected chi connectivity index (χ2v) is 7.27. The predicted molar refractivity (Wildman–Crippen MR) is 73.4 cm³/mol. The normalized spacial score (nSPS) is 12.0. The van der Waals surface area contributed by atoms with Crippen LogP contribution in [0.25, 0.3) is 0 Å². The Morgan fingerprint density at radius 3 is 1.79 bits per heavy atom. The van der Waals surface area contributed by atoms with Crippen molar-refractivity contribution in [1.82, 2.24) is 0 Å². The fourth-order valence-corrected chi connectivity index (χ4v) is 4.41. The summed E-state index contributed by atoms with van der Waals surface area (Å²) in [7, 11) is 0. The average molecular weight is 254 g/mol. The molecule has 0 saturated carbocycles. The van der Waals surface area contributed by atoms with E-state index in [-0.39, 0.29) is 0 Å². The van der Waals surface area contributed by atoms with Gasteiger partial charge in [0.2, 0.25) is 0 Å². The second kappa shape index (κ2) is 9.25. The summed E-state index contributed by atoms with van der Waals surface area (Å²) in [6.45, 7) is 0.346. The Morgan fingerprint density at radius 1 is 0.857 bits per heavy atom. The summed E-state index contributed by atoms with van der Waals surface area (Å²) in [5, 5.41) is 8.65. The molecule has 0 aliphatic heterocycles. The zero-order chi connectivity index (χ0) is 10.9. The standard InChI is InChI=1S/C10H22OS3/c1-12-10(13-2,14-3)8-6-4-5-7-9-11/h11H,4-9H2,1-3H3. The lowest BCUT2D eigenvalue weighted by molar-refractivity contribution is 0.282. The molecule has 0 unspecified atom stereocenters. The summed E-state index contributed by atoms with van der Waals surface area (Å²) in [5.74, 6) is 0. The number of unbranched alkanes of at least 4 members (excludes halogenated alkanes) is 3. The van der Waals surface area contributed by atoms with Gasteiger partial charge in [0.1, 0.15) is 3.41 Å². The van der Waals surface area contributed by atoms with Gasteiger partial charge in [-0.2, -0.15) is 0 Å². The molecular formula is C10H22OS3. The van der Waals surface area contributed by atoms with Crippen LogP contribution in [0.15, 0.2) is 0 Å². The average Bonchev–Trinajstić information content (AvgIpc) is 2.24. The quantitative estimate of drug-likeness (QED) is 0.500. The van der Waals surface area contributed by atoms with Crippen LogP contribution in [-0.2, 0) is 0 Å². The smallest absolute Gasteiger partial charge is 0.106 e. The lowest BCUT2D eigenvalue weighted by Crippen LogP contribution is -2.13. The van der Waals surface area contributed by atoms with Crippen LogP contribution < -0.4 is 0 Å². The first-order valence-electron chi connectivity index (χ1n) is 5.01. The molecule has 86 valence electrons. The van der Waals surface area contributed by atoms with Crippen LogP contribution in [0.3, 0.4) is 0 Å². The predicted octanol–water partition coefficient (Wildman–Crippen LogP) is 3.67. The van der Waals surface area contributed by atoms with Crippen molar-refractivity contribution in [2.45, 2.75) is 35.5 Å². The minimum absolute atomic E-state index is 0.346. The Morgan fingerprint density at radius 2 is 1.36 bits per heavy atom. The molecule has 0 aliphatic rings. The van der Waals surface area contributed by atoms with Gasteiger partial charge in [-0.25, -0.2) is 0 Å². The Balaban J connectivity index is 3.61. The molecule has 0 atom stereocenters. The van der Waals surface area contributed by atoms with Crippen molar-refractivity contribution >= 4 is 35.3 Å². The fourth-order valence-electron chi connectivity index (χ4n) is 1.36. The van der Waals surface area contributed by atoms with E-state index in [9.17, 15) is 0 Å². The monoisotopic (exact) mass is 254 g/mol. The highest BCUT2D eigenvalue weighted by Gasteiger charge is 2.25. The van der Waals surface area contributed by atoms with Crippen LogP contribution in [0.4, 0.5) is 0 Å². The highest BCUT2D eigenvalue weighted by molar-refractivity contribution is 8.33. The van der Waals surface area contributed by atoms with E-state index in [1.54, 1.807) is 0 Å². The maximum absolute atomic E-state index is 8.65. The number of hydrogen-bond acceptors (Lipinski definition) is 4. The highest BCUT2D eigenvalue weighted by Crippen LogP contribution is 2.46. The molecule has 0 fully saturated rings. The zero-order valence-corrected chi connectivity index (χ0v) is 11.9. The van der Waals surface area contributed by atoms with Gasteiger partial charge in [0.05, 0.1) is 0 Å². The summed E-state index contributed by atoms with van der Waals surface area (Å²) in [4.78, 5) is 0. The van der Waals surface area contributed by atoms with E-state index >= 15 is 0 Å². The topological polar surface area (TPSA) is 20.2 Å². The van der Waals surface area contributed by atoms with E-state index in [1.165, 1.54) is 25.7 Å². The van der Waals surface area contributed by atoms with Crippen LogP contribution in [0, 0.1) is 0 Å². The van der Waals surface area contributed by atoms with Gasteiger partial charge in [-0.15, -0.1) is 35.3 Å². The van der Waals surface area contributed by atoms with E-state index in [1.807, 2.05) is 35.3 Å². The van der Waals surface area contributed by atoms with Crippen molar-refractivity contribution in [3.63, 3.8) is 0 Å². The molecule has 1 nitrogen and oxygen atoms in total. The van der Waals surface area contributed by atoms with Gasteiger partial charge >= 0.3 is 0 Å². The van der Waals surface area contributed by atoms with E-state index in [2.05, 4.69) is 18.8 Å². The third-order valence-corrected chi connectivity index (χ3v) is 7.80. The van der Waals surface area contributed by atoms with Crippen molar-refractivity contribution in [3.05, 3.63) is 0 Å². The van der Waals surface area contributed by atoms with Gasteiger partial charge in [0, 0.05) is 6.61 Å². The molecule has 0 bridgehead atoms. The number of thioether (sulfide) groups is 3. The van der Waals surface area contributed by atoms with Crippen molar-refractivity contribution in [1.29, 1.82) is 0 Å². The maximum Gasteiger partial charge on any atom is 0.106 e. The van der Waals surface area contributed by atoms with Crippen LogP contribution in [0.5, 0.6) is 0 Å². The molecule has 4 heteroatoms. The molecule has 1 N–H and O–H groups in total. The molecule has 14 heavy (non-hydrogen) atoms. The van der Waals surface area contributed by atoms with Crippen LogP contribution >= 0.6 is 35.3 Å². The van der Waals surface area contributed by atoms with Crippen LogP contribution in [0.1, 0.15) is 32.1 Å². The van der Waals surface area contributed by atoms with E-state index in [4.69, 9.17) is 5.11 Å². The van der Waals surface area contributed by atoms with Gasteiger partial charge in [0.15, 0.2) is 0 Å². The maximum atomic E-state index is 8.65. The summed E-state index contributed by atoms with van der Waals surface area (Å²) in [6.07, 6.45) is 12.5. The van der Waals surface area contributed by atoms with E-state index in [0.717, 1.165) is 6.42 Å². The van der Waals surface area contributed by atoms with Crippen LogP contribution in [-0.4, -0.2) is 33.9 Å². The van der Waals surface area contributed by atoms with E-state index in [0.29, 0.717) is 10.0 Å². The lowest BCUT2D eigenvalue weighted by atomic mass is 10.2. The molecule has 0 saturated heterocycles. The first-order chi connectivity index (χ1) is 6.74. The van der Waals surface area contributed by atoms with Crippen molar-refractivity contribution in [3.8, 4) is 0 Å². The molecule has 0 aromatic heterocycles. The third kappa shape index (κ3) is 5.79. The third-order valence-electron chi connectivity index (χ3n) is 2.32. The molecular weight excluding hydrogens is 232 g/mol. The Bertz CT molecular complexity index is 118. The second-order valence-electron chi connectivity index (χ2n) is 3.18. The lowest BCUT2D eigenvalue weighted by Gasteiger charge is -2.27. The number of rotatable bonds is 9. The highest BCUT2D eigenvalue weighted by atomic mass is 32.3. The van der Waals surface area contributed by atoms with Crippen molar-refractivity contribution < 1.29 is 5.11 Å². The SMILES string of the molecule is CSC(CCCCCCO)(SC)SC. The van der Waals surface area contributed by atoms with Gasteiger partial charge in [-0.3, -0.25) is 0 Å². The van der Waals surface area contributed by atoms with Crippen molar-refractivity contribution in [2.24, 2.45) is 0 Å². The molecule has 0 heterocycles. The number of aliphatic hydroxyl groups excluding tert-OH is 1. The minimum Gasteiger partial charge on any atom is -0.396 e. The minimum atomic E-state index is 0.346. The molecule has 0 amide bonds. The Hall–Kier alpha value is 1.01. The van der Waals surface area contributed by atoms with Crippen LogP contribution in [0.2, 0.25) is 0 Å². The summed E-state index contributed by atoms with van der Waals surface area (Å²) in [6, 6.07) is 0. The first-order valence-corrected chi connectivity index (χ1v) is 8.68. The summed E-state index contributed by atoms with van der Waals surface area (Å²) >= 11 is 5.87. The summed E-state index contributed by atoms with van der Waals surface area (Å²) < 4.78 is 0.360. The summed E-state index contributed by atoms with van der Waals surface area (Å²) in [5.41, 5.74) is 0.